The van der Waals surface area contributed by atoms with E-state index in [2.05, 4.69) is 0 Å². The highest BCUT2D eigenvalue weighted by molar-refractivity contribution is 5.73. The lowest BCUT2D eigenvalue weighted by molar-refractivity contribution is -0.144. The zero-order valence-corrected chi connectivity index (χ0v) is 7.57. The molecule has 4 heteroatoms. The van der Waals surface area contributed by atoms with Crippen LogP contribution in [-0.4, -0.2) is 35.1 Å². The van der Waals surface area contributed by atoms with Gasteiger partial charge < -0.3 is 5.11 Å². The molecule has 1 fully saturated rings. The van der Waals surface area contributed by atoms with E-state index in [1.54, 1.807) is 0 Å². The van der Waals surface area contributed by atoms with Crippen molar-refractivity contribution in [3.05, 3.63) is 0 Å². The van der Waals surface area contributed by atoms with Crippen LogP contribution in [0.3, 0.4) is 0 Å². The summed E-state index contributed by atoms with van der Waals surface area (Å²) in [5, 5.41) is 17.3. The first-order chi connectivity index (χ1) is 6.25. The Bertz CT molecular complexity index is 222. The minimum absolute atomic E-state index is 0.359. The number of likely N-dealkylation sites (tertiary alicyclic amines) is 1. The summed E-state index contributed by atoms with van der Waals surface area (Å²) in [7, 11) is 0. The average Bonchev–Trinajstić information content (AvgIpc) is 2.15. The first-order valence-corrected chi connectivity index (χ1v) is 4.59. The minimum atomic E-state index is -0.752. The van der Waals surface area contributed by atoms with Gasteiger partial charge in [-0.05, 0) is 19.4 Å². The molecule has 0 radical (unpaired) electrons. The molecule has 1 rings (SSSR count). The molecule has 0 aliphatic carbocycles. The fraction of sp³-hybridized carbons (Fsp3) is 0.778. The Labute approximate surface area is 77.8 Å². The van der Waals surface area contributed by atoms with Gasteiger partial charge in [-0.1, -0.05) is 6.42 Å². The van der Waals surface area contributed by atoms with Gasteiger partial charge in [-0.2, -0.15) is 5.26 Å². The molecule has 0 aromatic carbocycles. The lowest BCUT2D eigenvalue weighted by atomic mass is 10.0. The van der Waals surface area contributed by atoms with Gasteiger partial charge in [-0.25, -0.2) is 0 Å². The SMILES string of the molecule is N#CCCN1CCCC[C@@H]1C(=O)O. The van der Waals surface area contributed by atoms with E-state index in [-0.39, 0.29) is 6.04 Å². The molecule has 1 N–H and O–H groups in total. The third-order valence-corrected chi connectivity index (χ3v) is 2.41. The van der Waals surface area contributed by atoms with Gasteiger partial charge in [0.25, 0.3) is 0 Å². The number of nitriles is 1. The van der Waals surface area contributed by atoms with Crippen LogP contribution in [-0.2, 0) is 4.79 Å². The predicted molar refractivity (Wildman–Crippen MR) is 47.1 cm³/mol. The number of hydrogen-bond acceptors (Lipinski definition) is 3. The summed E-state index contributed by atoms with van der Waals surface area (Å²) < 4.78 is 0. The molecule has 0 amide bonds. The smallest absolute Gasteiger partial charge is 0.320 e. The second kappa shape index (κ2) is 4.83. The van der Waals surface area contributed by atoms with E-state index >= 15 is 0 Å². The molecule has 0 spiro atoms. The summed E-state index contributed by atoms with van der Waals surface area (Å²) in [6.45, 7) is 1.41. The molecule has 13 heavy (non-hydrogen) atoms. The third-order valence-electron chi connectivity index (χ3n) is 2.41. The maximum atomic E-state index is 10.8. The summed E-state index contributed by atoms with van der Waals surface area (Å²) in [6.07, 6.45) is 3.18. The molecule has 4 nitrogen and oxygen atoms in total. The van der Waals surface area contributed by atoms with Crippen LogP contribution in [0.4, 0.5) is 0 Å². The third kappa shape index (κ3) is 2.71. The maximum Gasteiger partial charge on any atom is 0.320 e. The Morgan fingerprint density at radius 1 is 1.62 bits per heavy atom. The number of piperidine rings is 1. The van der Waals surface area contributed by atoms with Crippen molar-refractivity contribution in [1.82, 2.24) is 4.90 Å². The van der Waals surface area contributed by atoms with Crippen molar-refractivity contribution < 1.29 is 9.90 Å². The molecule has 0 unspecified atom stereocenters. The maximum absolute atomic E-state index is 10.8. The van der Waals surface area contributed by atoms with Crippen molar-refractivity contribution in [2.45, 2.75) is 31.7 Å². The average molecular weight is 182 g/mol. The van der Waals surface area contributed by atoms with Gasteiger partial charge in [0.2, 0.25) is 0 Å². The zero-order chi connectivity index (χ0) is 9.68. The van der Waals surface area contributed by atoms with Gasteiger partial charge in [-0.15, -0.1) is 0 Å². The van der Waals surface area contributed by atoms with Crippen LogP contribution < -0.4 is 0 Å². The predicted octanol–water partition coefficient (Wildman–Crippen LogP) is 0.839. The fourth-order valence-corrected chi connectivity index (χ4v) is 1.73. The van der Waals surface area contributed by atoms with Crippen LogP contribution in [0.1, 0.15) is 25.7 Å². The second-order valence-electron chi connectivity index (χ2n) is 3.29. The monoisotopic (exact) mass is 182 g/mol. The molecule has 72 valence electrons. The molecular formula is C9H14N2O2. The molecule has 1 aliphatic rings. The fourth-order valence-electron chi connectivity index (χ4n) is 1.73. The van der Waals surface area contributed by atoms with Crippen molar-refractivity contribution >= 4 is 5.97 Å². The molecule has 0 saturated carbocycles. The number of aliphatic carboxylic acids is 1. The lowest BCUT2D eigenvalue weighted by Gasteiger charge is -2.31. The van der Waals surface area contributed by atoms with E-state index in [1.165, 1.54) is 0 Å². The van der Waals surface area contributed by atoms with E-state index in [4.69, 9.17) is 10.4 Å². The molecule has 1 heterocycles. The van der Waals surface area contributed by atoms with E-state index in [9.17, 15) is 4.79 Å². The first-order valence-electron chi connectivity index (χ1n) is 4.59. The largest absolute Gasteiger partial charge is 0.480 e. The van der Waals surface area contributed by atoms with Crippen LogP contribution in [0.5, 0.6) is 0 Å². The summed E-state index contributed by atoms with van der Waals surface area (Å²) in [5.41, 5.74) is 0. The Kier molecular flexibility index (Phi) is 3.71. The number of carbonyl (C=O) groups is 1. The van der Waals surface area contributed by atoms with Gasteiger partial charge in [0.1, 0.15) is 6.04 Å². The first kappa shape index (κ1) is 10.0. The van der Waals surface area contributed by atoms with Gasteiger partial charge in [-0.3, -0.25) is 9.69 Å². The summed E-state index contributed by atoms with van der Waals surface area (Å²) in [4.78, 5) is 12.7. The van der Waals surface area contributed by atoms with E-state index < -0.39 is 5.97 Å². The van der Waals surface area contributed by atoms with Gasteiger partial charge in [0.05, 0.1) is 6.07 Å². The molecule has 0 aromatic heterocycles. The summed E-state index contributed by atoms with van der Waals surface area (Å²) in [5.74, 6) is -0.752. The van der Waals surface area contributed by atoms with Gasteiger partial charge in [0, 0.05) is 13.0 Å². The lowest BCUT2D eigenvalue weighted by Crippen LogP contribution is -2.44. The van der Waals surface area contributed by atoms with E-state index in [1.807, 2.05) is 11.0 Å². The van der Waals surface area contributed by atoms with Crippen molar-refractivity contribution in [3.63, 3.8) is 0 Å². The minimum Gasteiger partial charge on any atom is -0.480 e. The highest BCUT2D eigenvalue weighted by atomic mass is 16.4. The number of carboxylic acids is 1. The zero-order valence-electron chi connectivity index (χ0n) is 7.57. The van der Waals surface area contributed by atoms with Crippen molar-refractivity contribution in [1.29, 1.82) is 5.26 Å². The Hall–Kier alpha value is -1.08. The molecular weight excluding hydrogens is 168 g/mol. The van der Waals surface area contributed by atoms with Crippen LogP contribution in [0.2, 0.25) is 0 Å². The van der Waals surface area contributed by atoms with Crippen LogP contribution >= 0.6 is 0 Å². The van der Waals surface area contributed by atoms with E-state index in [0.29, 0.717) is 13.0 Å². The molecule has 1 atom stereocenters. The van der Waals surface area contributed by atoms with Crippen molar-refractivity contribution in [2.24, 2.45) is 0 Å². The van der Waals surface area contributed by atoms with Crippen LogP contribution in [0, 0.1) is 11.3 Å². The number of nitrogens with zero attached hydrogens (tertiary/aromatic N) is 2. The Morgan fingerprint density at radius 2 is 2.38 bits per heavy atom. The Morgan fingerprint density at radius 3 is 3.00 bits per heavy atom. The van der Waals surface area contributed by atoms with Crippen LogP contribution in [0.25, 0.3) is 0 Å². The molecule has 0 bridgehead atoms. The normalized spacial score (nSPS) is 23.8. The number of hydrogen-bond donors (Lipinski definition) is 1. The van der Waals surface area contributed by atoms with E-state index in [0.717, 1.165) is 25.8 Å². The number of rotatable bonds is 3. The van der Waals surface area contributed by atoms with Crippen LogP contribution in [0.15, 0.2) is 0 Å². The molecule has 1 aliphatic heterocycles. The molecule has 0 aromatic rings. The highest BCUT2D eigenvalue weighted by Crippen LogP contribution is 2.16. The van der Waals surface area contributed by atoms with Crippen molar-refractivity contribution in [2.75, 3.05) is 13.1 Å². The quantitative estimate of drug-likeness (QED) is 0.702. The standard InChI is InChI=1S/C9H14N2O2/c10-5-3-7-11-6-2-1-4-8(11)9(12)13/h8H,1-4,6-7H2,(H,12,13)/t8-/m1/s1. The van der Waals surface area contributed by atoms with Gasteiger partial charge in [0.15, 0.2) is 0 Å². The highest BCUT2D eigenvalue weighted by Gasteiger charge is 2.27. The summed E-state index contributed by atoms with van der Waals surface area (Å²) in [6, 6.07) is 1.68. The molecule has 1 saturated heterocycles. The topological polar surface area (TPSA) is 64.3 Å². The summed E-state index contributed by atoms with van der Waals surface area (Å²) >= 11 is 0. The Balaban J connectivity index is 2.47. The van der Waals surface area contributed by atoms with Crippen molar-refractivity contribution in [3.8, 4) is 6.07 Å². The van der Waals surface area contributed by atoms with Gasteiger partial charge >= 0.3 is 5.97 Å². The number of carboxylic acid groups (broad SMARTS) is 1. The second-order valence-corrected chi connectivity index (χ2v) is 3.29.